The highest BCUT2D eigenvalue weighted by atomic mass is 32.2. The lowest BCUT2D eigenvalue weighted by Gasteiger charge is -2.33. The molecule has 1 unspecified atom stereocenters. The van der Waals surface area contributed by atoms with Gasteiger partial charge in [-0.25, -0.2) is 0 Å². The molecule has 0 bridgehead atoms. The first kappa shape index (κ1) is 14.4. The van der Waals surface area contributed by atoms with Gasteiger partial charge in [0.2, 0.25) is 0 Å². The van der Waals surface area contributed by atoms with E-state index < -0.39 is 10.2 Å². The number of nitrogens with two attached hydrogens (primary N) is 1. The molecule has 108 valence electrons. The van der Waals surface area contributed by atoms with Crippen molar-refractivity contribution in [3.8, 4) is 0 Å². The second-order valence-electron chi connectivity index (χ2n) is 4.84. The summed E-state index contributed by atoms with van der Waals surface area (Å²) in [5.74, 6) is 0. The molecular weight excluding hydrogens is 266 g/mol. The van der Waals surface area contributed by atoms with E-state index >= 15 is 0 Å². The third-order valence-corrected chi connectivity index (χ3v) is 5.14. The Hall–Kier alpha value is -0.960. The Bertz CT molecular complexity index is 513. The second kappa shape index (κ2) is 6.00. The maximum atomic E-state index is 12.3. The SMILES string of the molecule is Cc1[nH]ncc1CNS(=O)(=O)N1CCCCC1CN. The molecule has 7 nitrogen and oxygen atoms in total. The number of hydrogen-bond acceptors (Lipinski definition) is 4. The average Bonchev–Trinajstić information content (AvgIpc) is 2.82. The van der Waals surface area contributed by atoms with Crippen molar-refractivity contribution in [2.75, 3.05) is 13.1 Å². The van der Waals surface area contributed by atoms with E-state index in [0.29, 0.717) is 13.1 Å². The van der Waals surface area contributed by atoms with Crippen LogP contribution in [-0.2, 0) is 16.8 Å². The van der Waals surface area contributed by atoms with E-state index in [1.807, 2.05) is 6.92 Å². The molecule has 1 fully saturated rings. The van der Waals surface area contributed by atoms with E-state index in [2.05, 4.69) is 14.9 Å². The Balaban J connectivity index is 2.03. The molecule has 0 aromatic carbocycles. The molecule has 8 heteroatoms. The van der Waals surface area contributed by atoms with Gasteiger partial charge in [0.05, 0.1) is 6.20 Å². The van der Waals surface area contributed by atoms with Crippen LogP contribution in [0.1, 0.15) is 30.5 Å². The van der Waals surface area contributed by atoms with Crippen molar-refractivity contribution in [3.05, 3.63) is 17.5 Å². The topological polar surface area (TPSA) is 104 Å². The van der Waals surface area contributed by atoms with Crippen molar-refractivity contribution in [3.63, 3.8) is 0 Å². The number of aryl methyl sites for hydroxylation is 1. The van der Waals surface area contributed by atoms with Crippen molar-refractivity contribution in [1.82, 2.24) is 19.2 Å². The maximum absolute atomic E-state index is 12.3. The van der Waals surface area contributed by atoms with E-state index in [4.69, 9.17) is 5.73 Å². The number of piperidine rings is 1. The summed E-state index contributed by atoms with van der Waals surface area (Å²) in [5.41, 5.74) is 7.38. The lowest BCUT2D eigenvalue weighted by atomic mass is 10.1. The minimum atomic E-state index is -3.48. The molecule has 19 heavy (non-hydrogen) atoms. The Morgan fingerprint density at radius 2 is 2.37 bits per heavy atom. The minimum Gasteiger partial charge on any atom is -0.329 e. The number of hydrogen-bond donors (Lipinski definition) is 3. The Kier molecular flexibility index (Phi) is 4.56. The van der Waals surface area contributed by atoms with Crippen LogP contribution in [0.2, 0.25) is 0 Å². The maximum Gasteiger partial charge on any atom is 0.280 e. The van der Waals surface area contributed by atoms with Crippen LogP contribution in [-0.4, -0.2) is 42.1 Å². The number of aromatic amines is 1. The fraction of sp³-hybridized carbons (Fsp3) is 0.727. The second-order valence-corrected chi connectivity index (χ2v) is 6.55. The summed E-state index contributed by atoms with van der Waals surface area (Å²) in [6.45, 7) is 3.02. The zero-order valence-corrected chi connectivity index (χ0v) is 11.9. The van der Waals surface area contributed by atoms with Crippen LogP contribution >= 0.6 is 0 Å². The Morgan fingerprint density at radius 1 is 1.58 bits per heavy atom. The Morgan fingerprint density at radius 3 is 3.00 bits per heavy atom. The smallest absolute Gasteiger partial charge is 0.280 e. The standard InChI is InChI=1S/C11H21N5O2S/c1-9-10(7-13-15-9)8-14-19(17,18)16-5-3-2-4-11(16)6-12/h7,11,14H,2-6,8,12H2,1H3,(H,13,15). The number of H-pyrrole nitrogens is 1. The molecule has 4 N–H and O–H groups in total. The van der Waals surface area contributed by atoms with Crippen LogP contribution in [0.4, 0.5) is 0 Å². The van der Waals surface area contributed by atoms with E-state index in [0.717, 1.165) is 30.5 Å². The molecule has 1 aromatic rings. The lowest BCUT2D eigenvalue weighted by molar-refractivity contribution is 0.254. The molecule has 1 aromatic heterocycles. The van der Waals surface area contributed by atoms with Crippen molar-refractivity contribution in [1.29, 1.82) is 0 Å². The molecule has 1 saturated heterocycles. The third-order valence-electron chi connectivity index (χ3n) is 3.53. The van der Waals surface area contributed by atoms with E-state index in [1.165, 1.54) is 4.31 Å². The van der Waals surface area contributed by atoms with E-state index in [9.17, 15) is 8.42 Å². The van der Waals surface area contributed by atoms with Crippen molar-refractivity contribution in [2.24, 2.45) is 5.73 Å². The molecule has 2 heterocycles. The van der Waals surface area contributed by atoms with Crippen LogP contribution in [0.25, 0.3) is 0 Å². The van der Waals surface area contributed by atoms with Gasteiger partial charge in [-0.05, 0) is 19.8 Å². The first-order valence-corrected chi connectivity index (χ1v) is 7.94. The fourth-order valence-corrected chi connectivity index (χ4v) is 3.79. The fourth-order valence-electron chi connectivity index (χ4n) is 2.33. The number of nitrogens with one attached hydrogen (secondary N) is 2. The molecule has 0 radical (unpaired) electrons. The predicted octanol–water partition coefficient (Wildman–Crippen LogP) is -0.134. The molecule has 1 aliphatic rings. The highest BCUT2D eigenvalue weighted by Gasteiger charge is 2.31. The van der Waals surface area contributed by atoms with Gasteiger partial charge in [-0.1, -0.05) is 6.42 Å². The lowest BCUT2D eigenvalue weighted by Crippen LogP contribution is -2.51. The highest BCUT2D eigenvalue weighted by Crippen LogP contribution is 2.19. The summed E-state index contributed by atoms with van der Waals surface area (Å²) in [6, 6.07) is -0.0864. The van der Waals surface area contributed by atoms with Gasteiger partial charge in [-0.3, -0.25) is 5.10 Å². The van der Waals surface area contributed by atoms with Crippen molar-refractivity contribution in [2.45, 2.75) is 38.8 Å². The van der Waals surface area contributed by atoms with Gasteiger partial charge in [0.25, 0.3) is 10.2 Å². The molecule has 0 aliphatic carbocycles. The Labute approximate surface area is 113 Å². The predicted molar refractivity (Wildman–Crippen MR) is 72.5 cm³/mol. The largest absolute Gasteiger partial charge is 0.329 e. The summed E-state index contributed by atoms with van der Waals surface area (Å²) >= 11 is 0. The van der Waals surface area contributed by atoms with Gasteiger partial charge >= 0.3 is 0 Å². The molecule has 1 aliphatic heterocycles. The van der Waals surface area contributed by atoms with Crippen LogP contribution in [0, 0.1) is 6.92 Å². The quantitative estimate of drug-likeness (QED) is 0.701. The van der Waals surface area contributed by atoms with Gasteiger partial charge in [-0.15, -0.1) is 0 Å². The number of rotatable bonds is 5. The molecule has 0 saturated carbocycles. The monoisotopic (exact) mass is 287 g/mol. The first-order valence-electron chi connectivity index (χ1n) is 6.50. The molecule has 1 atom stereocenters. The summed E-state index contributed by atoms with van der Waals surface area (Å²) < 4.78 is 28.7. The average molecular weight is 287 g/mol. The number of nitrogens with zero attached hydrogens (tertiary/aromatic N) is 2. The van der Waals surface area contributed by atoms with E-state index in [-0.39, 0.29) is 12.6 Å². The number of aromatic nitrogens is 2. The van der Waals surface area contributed by atoms with Crippen molar-refractivity contribution >= 4 is 10.2 Å². The summed E-state index contributed by atoms with van der Waals surface area (Å²) in [4.78, 5) is 0. The van der Waals surface area contributed by atoms with Crippen LogP contribution < -0.4 is 10.5 Å². The van der Waals surface area contributed by atoms with Gasteiger partial charge in [0.1, 0.15) is 0 Å². The van der Waals surface area contributed by atoms with E-state index in [1.54, 1.807) is 6.20 Å². The summed E-state index contributed by atoms with van der Waals surface area (Å²) in [5, 5.41) is 6.66. The summed E-state index contributed by atoms with van der Waals surface area (Å²) in [6.07, 6.45) is 4.40. The zero-order valence-electron chi connectivity index (χ0n) is 11.1. The van der Waals surface area contributed by atoms with Crippen LogP contribution in [0.5, 0.6) is 0 Å². The normalized spacial score (nSPS) is 21.7. The van der Waals surface area contributed by atoms with Crippen LogP contribution in [0.3, 0.4) is 0 Å². The first-order chi connectivity index (χ1) is 9.04. The van der Waals surface area contributed by atoms with Crippen molar-refractivity contribution < 1.29 is 8.42 Å². The third kappa shape index (κ3) is 3.33. The molecule has 2 rings (SSSR count). The van der Waals surface area contributed by atoms with Gasteiger partial charge < -0.3 is 5.73 Å². The minimum absolute atomic E-state index is 0.0864. The van der Waals surface area contributed by atoms with Gasteiger partial charge in [-0.2, -0.15) is 22.5 Å². The highest BCUT2D eigenvalue weighted by molar-refractivity contribution is 7.87. The van der Waals surface area contributed by atoms with Crippen LogP contribution in [0.15, 0.2) is 6.20 Å². The summed E-state index contributed by atoms with van der Waals surface area (Å²) in [7, 11) is -3.48. The molecular formula is C11H21N5O2S. The zero-order chi connectivity index (χ0) is 13.9. The van der Waals surface area contributed by atoms with Gasteiger partial charge in [0.15, 0.2) is 0 Å². The molecule has 0 spiro atoms. The van der Waals surface area contributed by atoms with Gasteiger partial charge in [0, 0.05) is 36.9 Å². The molecule has 0 amide bonds.